The van der Waals surface area contributed by atoms with Crippen LogP contribution in [0.4, 0.5) is 0 Å². The third-order valence-corrected chi connectivity index (χ3v) is 0.885. The van der Waals surface area contributed by atoms with Crippen molar-refractivity contribution in [3.63, 3.8) is 0 Å². The molecule has 0 aliphatic carbocycles. The van der Waals surface area contributed by atoms with Crippen molar-refractivity contribution in [3.8, 4) is 0 Å². The Morgan fingerprint density at radius 2 is 1.17 bits per heavy atom. The molecule has 0 aliphatic heterocycles. The number of nitrogens with one attached hydrogen (secondary N) is 4. The van der Waals surface area contributed by atoms with Gasteiger partial charge in [-0.05, 0) is 0 Å². The Hall–Kier alpha value is -1.00. The Bertz CT molecular complexity index is 157. The fraction of sp³-hybridized carbons (Fsp3) is 0. The Morgan fingerprint density at radius 1 is 0.750 bits per heavy atom. The third kappa shape index (κ3) is 7.11. The zero-order valence-electron chi connectivity index (χ0n) is 6.22. The largest absolute Gasteiger partial charge is 1.00 e. The normalized spacial score (nSPS) is 6.67. The first-order valence-electron chi connectivity index (χ1n) is 2.99. The van der Waals surface area contributed by atoms with Crippen LogP contribution in [-0.2, 0) is 0 Å². The Morgan fingerprint density at radius 3 is 1.25 bits per heavy atom. The van der Waals surface area contributed by atoms with Gasteiger partial charge in [0.2, 0.25) is 0 Å². The lowest BCUT2D eigenvalue weighted by Gasteiger charge is -1.41. The highest BCUT2D eigenvalue weighted by Crippen LogP contribution is 1.58. The van der Waals surface area contributed by atoms with E-state index in [1.54, 1.807) is 0 Å². The first-order chi connectivity index (χ1) is 5.00. The molecule has 0 radical (unpaired) electrons. The summed E-state index contributed by atoms with van der Waals surface area (Å²) in [5.74, 6) is 0. The van der Waals surface area contributed by atoms with E-state index in [0.717, 1.165) is 0 Å². The van der Waals surface area contributed by atoms with E-state index in [9.17, 15) is 0 Å². The molecular weight excluding hydrogens is 199 g/mol. The Labute approximate surface area is 82.6 Å². The van der Waals surface area contributed by atoms with Gasteiger partial charge in [-0.15, -0.1) is 10.2 Å². The lowest BCUT2D eigenvalue weighted by molar-refractivity contribution is -0.449. The van der Waals surface area contributed by atoms with E-state index in [1.165, 1.54) is 0 Å². The van der Waals surface area contributed by atoms with Crippen LogP contribution in [0.1, 0.15) is 0 Å². The van der Waals surface area contributed by atoms with Crippen molar-refractivity contribution in [2.75, 3.05) is 0 Å². The molecule has 2 aromatic rings. The maximum absolute atomic E-state index is 2.74. The van der Waals surface area contributed by atoms with Crippen LogP contribution in [0.3, 0.4) is 0 Å². The molecular formula is C6H10Cl2N4. The van der Waals surface area contributed by atoms with Crippen LogP contribution in [0, 0.1) is 0 Å². The lowest BCUT2D eigenvalue weighted by Crippen LogP contribution is -3.00. The van der Waals surface area contributed by atoms with Crippen molar-refractivity contribution in [3.05, 3.63) is 36.9 Å². The minimum absolute atomic E-state index is 0. The predicted molar refractivity (Wildman–Crippen MR) is 34.7 cm³/mol. The topological polar surface area (TPSA) is 59.9 Å². The molecule has 2 aromatic heterocycles. The van der Waals surface area contributed by atoms with E-state index in [0.29, 0.717) is 0 Å². The molecule has 0 saturated heterocycles. The molecule has 68 valence electrons. The summed E-state index contributed by atoms with van der Waals surface area (Å²) in [5, 5.41) is 10.9. The highest BCUT2D eigenvalue weighted by molar-refractivity contribution is 4.66. The van der Waals surface area contributed by atoms with Crippen molar-refractivity contribution in [1.29, 1.82) is 0 Å². The fourth-order valence-corrected chi connectivity index (χ4v) is 0.481. The van der Waals surface area contributed by atoms with E-state index in [-0.39, 0.29) is 24.8 Å². The second kappa shape index (κ2) is 10.0. The van der Waals surface area contributed by atoms with Crippen LogP contribution >= 0.6 is 0 Å². The number of aromatic nitrogens is 4. The van der Waals surface area contributed by atoms with Crippen LogP contribution < -0.4 is 35.0 Å². The number of H-pyrrole nitrogens is 4. The summed E-state index contributed by atoms with van der Waals surface area (Å²) >= 11 is 0. The molecule has 0 amide bonds. The van der Waals surface area contributed by atoms with Crippen molar-refractivity contribution in [2.24, 2.45) is 0 Å². The van der Waals surface area contributed by atoms with Crippen LogP contribution in [0.25, 0.3) is 0 Å². The van der Waals surface area contributed by atoms with Gasteiger partial charge in [0.1, 0.15) is 0 Å². The molecule has 4 N–H and O–H groups in total. The maximum Gasteiger partial charge on any atom is 0.192 e. The van der Waals surface area contributed by atoms with Crippen molar-refractivity contribution in [2.45, 2.75) is 0 Å². The van der Waals surface area contributed by atoms with Gasteiger partial charge in [-0.25, -0.2) is 0 Å². The number of rotatable bonds is 0. The highest BCUT2D eigenvalue weighted by Gasteiger charge is 1.65. The zero-order chi connectivity index (χ0) is 7.07. The first kappa shape index (κ1) is 13.6. The van der Waals surface area contributed by atoms with Crippen LogP contribution in [0.15, 0.2) is 36.9 Å². The van der Waals surface area contributed by atoms with Gasteiger partial charge in [0, 0.05) is 12.1 Å². The molecule has 0 atom stereocenters. The maximum atomic E-state index is 2.74. The lowest BCUT2D eigenvalue weighted by atomic mass is 10.8. The summed E-state index contributed by atoms with van der Waals surface area (Å²) < 4.78 is 0. The third-order valence-electron chi connectivity index (χ3n) is 0.885. The van der Waals surface area contributed by atoms with E-state index in [2.05, 4.69) is 20.4 Å². The summed E-state index contributed by atoms with van der Waals surface area (Å²) in [7, 11) is 0. The molecule has 0 bridgehead atoms. The monoisotopic (exact) mass is 208 g/mol. The minimum Gasteiger partial charge on any atom is -1.00 e. The van der Waals surface area contributed by atoms with Gasteiger partial charge in [-0.3, -0.25) is 0 Å². The van der Waals surface area contributed by atoms with Crippen LogP contribution in [-0.4, -0.2) is 10.2 Å². The van der Waals surface area contributed by atoms with Crippen molar-refractivity contribution < 1.29 is 35.0 Å². The standard InChI is InChI=1S/2C3H4N2.2ClH/c2*1-2-4-5-3-1;;/h2*1-3H,(H,4,5);2*1H. The average Bonchev–Trinajstić information content (AvgIpc) is 2.67. The smallest absolute Gasteiger partial charge is 0.192 e. The quantitative estimate of drug-likeness (QED) is 0.433. The predicted octanol–water partition coefficient (Wildman–Crippen LogP) is -6.33. The molecule has 0 aromatic carbocycles. The SMILES string of the molecule is [Cl-].[Cl-].c1c[nH][nH+]c1.c1c[nH][nH+]c1. The Kier molecular flexibility index (Phi) is 11.3. The number of hydrogen-bond donors (Lipinski definition) is 2. The summed E-state index contributed by atoms with van der Waals surface area (Å²) in [6.07, 6.45) is 7.28. The summed E-state index contributed by atoms with van der Waals surface area (Å²) in [6.45, 7) is 0. The number of halogens is 2. The number of hydrogen-bond acceptors (Lipinski definition) is 0. The second-order valence-corrected chi connectivity index (χ2v) is 1.63. The molecule has 2 heterocycles. The second-order valence-electron chi connectivity index (χ2n) is 1.63. The van der Waals surface area contributed by atoms with Gasteiger partial charge >= 0.3 is 0 Å². The molecule has 12 heavy (non-hydrogen) atoms. The van der Waals surface area contributed by atoms with Gasteiger partial charge in [0.25, 0.3) is 0 Å². The first-order valence-corrected chi connectivity index (χ1v) is 2.99. The van der Waals surface area contributed by atoms with E-state index in [4.69, 9.17) is 0 Å². The summed E-state index contributed by atoms with van der Waals surface area (Å²) in [5.41, 5.74) is 0. The van der Waals surface area contributed by atoms with Gasteiger partial charge in [0.15, 0.2) is 12.4 Å². The van der Waals surface area contributed by atoms with Crippen molar-refractivity contribution >= 4 is 0 Å². The summed E-state index contributed by atoms with van der Waals surface area (Å²) in [4.78, 5) is 0. The fourth-order valence-electron chi connectivity index (χ4n) is 0.481. The van der Waals surface area contributed by atoms with Gasteiger partial charge in [-0.1, -0.05) is 0 Å². The van der Waals surface area contributed by atoms with Crippen LogP contribution in [0.2, 0.25) is 0 Å². The molecule has 4 nitrogen and oxygen atoms in total. The van der Waals surface area contributed by atoms with E-state index in [1.807, 2.05) is 36.9 Å². The van der Waals surface area contributed by atoms with Gasteiger partial charge in [0.05, 0.1) is 12.4 Å². The van der Waals surface area contributed by atoms with Gasteiger partial charge < -0.3 is 24.8 Å². The van der Waals surface area contributed by atoms with Crippen molar-refractivity contribution in [1.82, 2.24) is 10.2 Å². The molecule has 0 aliphatic rings. The minimum atomic E-state index is 0. The van der Waals surface area contributed by atoms with Gasteiger partial charge in [-0.2, -0.15) is 10.2 Å². The average molecular weight is 209 g/mol. The Balaban J connectivity index is 0. The molecule has 0 saturated carbocycles. The van der Waals surface area contributed by atoms with Crippen LogP contribution in [0.5, 0.6) is 0 Å². The van der Waals surface area contributed by atoms with E-state index >= 15 is 0 Å². The highest BCUT2D eigenvalue weighted by atomic mass is 35.5. The number of aromatic amines is 4. The molecule has 2 rings (SSSR count). The summed E-state index contributed by atoms with van der Waals surface area (Å²) in [6, 6.07) is 3.78. The molecule has 0 fully saturated rings. The zero-order valence-corrected chi connectivity index (χ0v) is 7.73. The molecule has 0 spiro atoms. The van der Waals surface area contributed by atoms with E-state index < -0.39 is 0 Å². The molecule has 6 heteroatoms. The molecule has 0 unspecified atom stereocenters.